The smallest absolute Gasteiger partial charge is 0.328 e. The maximum Gasteiger partial charge on any atom is 0.328 e. The number of methoxy groups -OCH3 is 1. The van der Waals surface area contributed by atoms with Gasteiger partial charge in [0.25, 0.3) is 0 Å². The van der Waals surface area contributed by atoms with Crippen molar-refractivity contribution in [2.75, 3.05) is 27.8 Å². The number of hydrogen-bond donors (Lipinski definition) is 1. The predicted octanol–water partition coefficient (Wildman–Crippen LogP) is -0.528. The van der Waals surface area contributed by atoms with Gasteiger partial charge in [0.2, 0.25) is 0 Å². The fourth-order valence-corrected chi connectivity index (χ4v) is 0.608. The van der Waals surface area contributed by atoms with Crippen molar-refractivity contribution < 1.29 is 14.6 Å². The number of nitrogens with zero attached hydrogens (tertiary/aromatic N) is 1. The Hall–Kier alpha value is -0.610. The summed E-state index contributed by atoms with van der Waals surface area (Å²) in [5, 5.41) is 8.91. The lowest BCUT2D eigenvalue weighted by atomic mass is 10.0. The Morgan fingerprint density at radius 3 is 2.18 bits per heavy atom. The van der Waals surface area contributed by atoms with Crippen molar-refractivity contribution in [1.29, 1.82) is 0 Å². The van der Waals surface area contributed by atoms with Gasteiger partial charge in [-0.3, -0.25) is 4.90 Å². The summed E-state index contributed by atoms with van der Waals surface area (Å²) in [5.41, 5.74) is -0.922. The highest BCUT2D eigenvalue weighted by atomic mass is 16.5. The molecule has 0 bridgehead atoms. The summed E-state index contributed by atoms with van der Waals surface area (Å²) in [6.07, 6.45) is 0. The number of esters is 1. The largest absolute Gasteiger partial charge is 0.468 e. The van der Waals surface area contributed by atoms with E-state index in [1.54, 1.807) is 25.9 Å². The van der Waals surface area contributed by atoms with Gasteiger partial charge in [0.05, 0.1) is 13.7 Å². The van der Waals surface area contributed by atoms with Gasteiger partial charge in [-0.05, 0) is 21.0 Å². The van der Waals surface area contributed by atoms with Crippen molar-refractivity contribution in [3.8, 4) is 0 Å². The average molecular weight is 161 g/mol. The molecule has 4 heteroatoms. The Morgan fingerprint density at radius 2 is 2.09 bits per heavy atom. The van der Waals surface area contributed by atoms with Gasteiger partial charge < -0.3 is 9.84 Å². The Morgan fingerprint density at radius 1 is 1.64 bits per heavy atom. The van der Waals surface area contributed by atoms with Crippen LogP contribution in [0, 0.1) is 0 Å². The lowest BCUT2D eigenvalue weighted by Gasteiger charge is -2.31. The molecule has 0 amide bonds. The Balaban J connectivity index is 4.45. The van der Waals surface area contributed by atoms with Crippen molar-refractivity contribution in [1.82, 2.24) is 4.90 Å². The van der Waals surface area contributed by atoms with Crippen LogP contribution < -0.4 is 0 Å². The number of hydrogen-bond acceptors (Lipinski definition) is 4. The molecule has 0 unspecified atom stereocenters. The minimum absolute atomic E-state index is 0.243. The van der Waals surface area contributed by atoms with Crippen LogP contribution in [0.15, 0.2) is 0 Å². The molecule has 0 rings (SSSR count). The van der Waals surface area contributed by atoms with E-state index in [9.17, 15) is 4.79 Å². The molecule has 1 atom stereocenters. The Labute approximate surface area is 66.8 Å². The van der Waals surface area contributed by atoms with Gasteiger partial charge in [0.1, 0.15) is 5.54 Å². The maximum atomic E-state index is 11.1. The first-order valence-corrected chi connectivity index (χ1v) is 3.35. The van der Waals surface area contributed by atoms with Gasteiger partial charge in [-0.25, -0.2) is 4.79 Å². The van der Waals surface area contributed by atoms with E-state index in [2.05, 4.69) is 4.74 Å². The molecule has 0 spiro atoms. The van der Waals surface area contributed by atoms with Crippen LogP contribution in [0.5, 0.6) is 0 Å². The number of carbonyl (C=O) groups excluding carboxylic acids is 1. The second-order valence-electron chi connectivity index (χ2n) is 2.82. The SMILES string of the molecule is COC(=O)[C@](C)(CO)N(C)C. The third-order valence-corrected chi connectivity index (χ3v) is 1.92. The van der Waals surface area contributed by atoms with Crippen LogP contribution in [0.3, 0.4) is 0 Å². The highest BCUT2D eigenvalue weighted by Gasteiger charge is 2.35. The maximum absolute atomic E-state index is 11.1. The first kappa shape index (κ1) is 10.4. The van der Waals surface area contributed by atoms with E-state index in [1.165, 1.54) is 7.11 Å². The summed E-state index contributed by atoms with van der Waals surface area (Å²) in [4.78, 5) is 12.7. The fourth-order valence-electron chi connectivity index (χ4n) is 0.608. The number of likely N-dealkylation sites (N-methyl/N-ethyl adjacent to an activating group) is 1. The normalized spacial score (nSPS) is 16.2. The third-order valence-electron chi connectivity index (χ3n) is 1.92. The average Bonchev–Trinajstić information content (AvgIpc) is 2.01. The Kier molecular flexibility index (Phi) is 3.48. The summed E-state index contributed by atoms with van der Waals surface area (Å²) in [5.74, 6) is -0.426. The van der Waals surface area contributed by atoms with Gasteiger partial charge in [-0.15, -0.1) is 0 Å². The summed E-state index contributed by atoms with van der Waals surface area (Å²) >= 11 is 0. The van der Waals surface area contributed by atoms with E-state index in [-0.39, 0.29) is 6.61 Å². The van der Waals surface area contributed by atoms with Crippen LogP contribution in [-0.2, 0) is 9.53 Å². The van der Waals surface area contributed by atoms with Crippen LogP contribution in [0.25, 0.3) is 0 Å². The molecule has 0 aromatic carbocycles. The van der Waals surface area contributed by atoms with Crippen LogP contribution in [-0.4, -0.2) is 49.3 Å². The van der Waals surface area contributed by atoms with Crippen LogP contribution >= 0.6 is 0 Å². The molecular weight excluding hydrogens is 146 g/mol. The van der Waals surface area contributed by atoms with Crippen LogP contribution in [0.4, 0.5) is 0 Å². The van der Waals surface area contributed by atoms with Gasteiger partial charge in [-0.1, -0.05) is 0 Å². The second-order valence-corrected chi connectivity index (χ2v) is 2.82. The third kappa shape index (κ3) is 1.91. The molecule has 11 heavy (non-hydrogen) atoms. The standard InChI is InChI=1S/C7H15NO3/c1-7(5-9,8(2)3)6(10)11-4/h9H,5H2,1-4H3/t7-/m0/s1. The molecule has 0 saturated carbocycles. The highest BCUT2D eigenvalue weighted by Crippen LogP contribution is 2.11. The van der Waals surface area contributed by atoms with Crippen LogP contribution in [0.1, 0.15) is 6.92 Å². The van der Waals surface area contributed by atoms with E-state index in [0.717, 1.165) is 0 Å². The molecule has 0 fully saturated rings. The van der Waals surface area contributed by atoms with Crippen molar-refractivity contribution >= 4 is 5.97 Å². The topological polar surface area (TPSA) is 49.8 Å². The summed E-state index contributed by atoms with van der Waals surface area (Å²) in [6, 6.07) is 0. The van der Waals surface area contributed by atoms with E-state index >= 15 is 0 Å². The van der Waals surface area contributed by atoms with Crippen molar-refractivity contribution in [2.24, 2.45) is 0 Å². The minimum Gasteiger partial charge on any atom is -0.468 e. The Bertz CT molecular complexity index is 147. The molecule has 0 saturated heterocycles. The predicted molar refractivity (Wildman–Crippen MR) is 41.2 cm³/mol. The van der Waals surface area contributed by atoms with E-state index < -0.39 is 11.5 Å². The van der Waals surface area contributed by atoms with Crippen molar-refractivity contribution in [2.45, 2.75) is 12.5 Å². The summed E-state index contributed by atoms with van der Waals surface area (Å²) in [7, 11) is 4.74. The van der Waals surface area contributed by atoms with E-state index in [1.807, 2.05) is 0 Å². The molecule has 66 valence electrons. The second kappa shape index (κ2) is 3.69. The highest BCUT2D eigenvalue weighted by molar-refractivity contribution is 5.80. The number of aliphatic hydroxyl groups excluding tert-OH is 1. The summed E-state index contributed by atoms with van der Waals surface area (Å²) in [6.45, 7) is 1.38. The summed E-state index contributed by atoms with van der Waals surface area (Å²) < 4.78 is 4.53. The van der Waals surface area contributed by atoms with Gasteiger partial charge in [0, 0.05) is 0 Å². The lowest BCUT2D eigenvalue weighted by Crippen LogP contribution is -2.52. The number of rotatable bonds is 3. The zero-order valence-electron chi connectivity index (χ0n) is 7.42. The molecule has 0 aliphatic carbocycles. The first-order chi connectivity index (χ1) is 4.99. The zero-order valence-corrected chi connectivity index (χ0v) is 7.42. The van der Waals surface area contributed by atoms with Crippen molar-refractivity contribution in [3.05, 3.63) is 0 Å². The molecule has 0 aliphatic rings. The van der Waals surface area contributed by atoms with Gasteiger partial charge in [0.15, 0.2) is 0 Å². The molecule has 1 N–H and O–H groups in total. The van der Waals surface area contributed by atoms with Gasteiger partial charge >= 0.3 is 5.97 Å². The minimum atomic E-state index is -0.922. The molecule has 0 aromatic heterocycles. The molecule has 4 nitrogen and oxygen atoms in total. The molecule has 0 aromatic rings. The quantitative estimate of drug-likeness (QED) is 0.565. The van der Waals surface area contributed by atoms with Crippen molar-refractivity contribution in [3.63, 3.8) is 0 Å². The molecular formula is C7H15NO3. The zero-order chi connectivity index (χ0) is 9.07. The van der Waals surface area contributed by atoms with Gasteiger partial charge in [-0.2, -0.15) is 0 Å². The van der Waals surface area contributed by atoms with Crippen LogP contribution in [0.2, 0.25) is 0 Å². The molecule has 0 heterocycles. The van der Waals surface area contributed by atoms with E-state index in [0.29, 0.717) is 0 Å². The number of aliphatic hydroxyl groups is 1. The molecule has 0 radical (unpaired) electrons. The first-order valence-electron chi connectivity index (χ1n) is 3.35. The number of carbonyl (C=O) groups is 1. The fraction of sp³-hybridized carbons (Fsp3) is 0.857. The number of ether oxygens (including phenoxy) is 1. The molecule has 0 aliphatic heterocycles. The lowest BCUT2D eigenvalue weighted by molar-refractivity contribution is -0.155. The monoisotopic (exact) mass is 161 g/mol. The van der Waals surface area contributed by atoms with E-state index in [4.69, 9.17) is 5.11 Å².